The van der Waals surface area contributed by atoms with Crippen LogP contribution in [-0.4, -0.2) is 22.4 Å². The first-order valence-electron chi connectivity index (χ1n) is 6.69. The summed E-state index contributed by atoms with van der Waals surface area (Å²) in [6.07, 6.45) is 7.44. The quantitative estimate of drug-likeness (QED) is 0.779. The Bertz CT molecular complexity index is 384. The van der Waals surface area contributed by atoms with E-state index in [-0.39, 0.29) is 5.82 Å². The molecule has 0 amide bonds. The molecule has 2 atom stereocenters. The highest BCUT2D eigenvalue weighted by molar-refractivity contribution is 9.09. The van der Waals surface area contributed by atoms with Crippen LogP contribution in [0.25, 0.3) is 0 Å². The summed E-state index contributed by atoms with van der Waals surface area (Å²) in [7, 11) is 0. The normalized spacial score (nSPS) is 22.6. The molecule has 0 N–H and O–H groups in total. The van der Waals surface area contributed by atoms with Gasteiger partial charge in [0.2, 0.25) is 0 Å². The Balaban J connectivity index is 2.22. The number of pyridine rings is 1. The van der Waals surface area contributed by atoms with Crippen molar-refractivity contribution in [1.29, 1.82) is 0 Å². The number of aromatic nitrogens is 1. The predicted molar refractivity (Wildman–Crippen MR) is 76.8 cm³/mol. The molecule has 0 radical (unpaired) electrons. The number of alkyl halides is 1. The van der Waals surface area contributed by atoms with Crippen molar-refractivity contribution < 1.29 is 4.39 Å². The smallest absolute Gasteiger partial charge is 0.165 e. The monoisotopic (exact) mass is 314 g/mol. The first-order chi connectivity index (χ1) is 8.68. The van der Waals surface area contributed by atoms with Crippen LogP contribution in [-0.2, 0) is 0 Å². The zero-order valence-corrected chi connectivity index (χ0v) is 12.4. The predicted octanol–water partition coefficient (Wildman–Crippen LogP) is 4.14. The van der Waals surface area contributed by atoms with Gasteiger partial charge in [-0.2, -0.15) is 0 Å². The number of rotatable bonds is 3. The molecule has 1 saturated heterocycles. The van der Waals surface area contributed by atoms with Crippen molar-refractivity contribution in [2.45, 2.75) is 49.9 Å². The second kappa shape index (κ2) is 6.50. The van der Waals surface area contributed by atoms with Gasteiger partial charge in [0.25, 0.3) is 0 Å². The van der Waals surface area contributed by atoms with Gasteiger partial charge in [-0.1, -0.05) is 35.7 Å². The Morgan fingerprint density at radius 1 is 1.50 bits per heavy atom. The molecule has 0 aliphatic carbocycles. The van der Waals surface area contributed by atoms with Crippen molar-refractivity contribution in [3.8, 4) is 0 Å². The Labute approximate surface area is 117 Å². The average molecular weight is 315 g/mol. The molecule has 2 heterocycles. The zero-order chi connectivity index (χ0) is 13.0. The maximum Gasteiger partial charge on any atom is 0.165 e. The fourth-order valence-corrected chi connectivity index (χ4v) is 3.10. The molecule has 1 aliphatic heterocycles. The Morgan fingerprint density at radius 3 is 3.06 bits per heavy atom. The highest BCUT2D eigenvalue weighted by atomic mass is 79.9. The molecule has 1 aromatic rings. The summed E-state index contributed by atoms with van der Waals surface area (Å²) in [5.74, 6) is 0.323. The van der Waals surface area contributed by atoms with Gasteiger partial charge in [0.1, 0.15) is 0 Å². The first kappa shape index (κ1) is 13.8. The van der Waals surface area contributed by atoms with Crippen LogP contribution in [0.15, 0.2) is 18.3 Å². The largest absolute Gasteiger partial charge is 0.351 e. The molecule has 0 aromatic carbocycles. The van der Waals surface area contributed by atoms with Crippen molar-refractivity contribution in [3.05, 3.63) is 24.1 Å². The second-order valence-corrected chi connectivity index (χ2v) is 6.59. The Hall–Kier alpha value is -0.640. The summed E-state index contributed by atoms with van der Waals surface area (Å²) in [5.41, 5.74) is 0. The van der Waals surface area contributed by atoms with Crippen molar-refractivity contribution in [2.75, 3.05) is 11.4 Å². The van der Waals surface area contributed by atoms with E-state index in [4.69, 9.17) is 0 Å². The lowest BCUT2D eigenvalue weighted by Crippen LogP contribution is -2.37. The number of anilines is 1. The fourth-order valence-electron chi connectivity index (χ4n) is 2.66. The van der Waals surface area contributed by atoms with Gasteiger partial charge in [-0.25, -0.2) is 9.37 Å². The molecule has 1 aromatic heterocycles. The molecule has 2 unspecified atom stereocenters. The molecule has 100 valence electrons. The third-order valence-corrected chi connectivity index (χ3v) is 3.86. The molecule has 2 rings (SSSR count). The van der Waals surface area contributed by atoms with E-state index in [1.165, 1.54) is 18.9 Å². The molecule has 1 fully saturated rings. The van der Waals surface area contributed by atoms with Gasteiger partial charge < -0.3 is 4.90 Å². The Morgan fingerprint density at radius 2 is 2.33 bits per heavy atom. The third kappa shape index (κ3) is 3.44. The summed E-state index contributed by atoms with van der Waals surface area (Å²) in [5, 5.41) is 0. The van der Waals surface area contributed by atoms with E-state index in [2.05, 4.69) is 32.7 Å². The minimum absolute atomic E-state index is 0.202. The maximum absolute atomic E-state index is 13.9. The van der Waals surface area contributed by atoms with Crippen molar-refractivity contribution >= 4 is 21.7 Å². The molecule has 0 spiro atoms. The van der Waals surface area contributed by atoms with E-state index in [1.807, 2.05) is 0 Å². The highest BCUT2D eigenvalue weighted by Gasteiger charge is 2.25. The SMILES string of the molecule is CC(Br)CC1CCCCCN1c1ncccc1F. The van der Waals surface area contributed by atoms with Crippen LogP contribution < -0.4 is 4.90 Å². The molecular weight excluding hydrogens is 295 g/mol. The molecule has 18 heavy (non-hydrogen) atoms. The van der Waals surface area contributed by atoms with E-state index in [1.54, 1.807) is 12.3 Å². The van der Waals surface area contributed by atoms with Crippen LogP contribution in [0.3, 0.4) is 0 Å². The number of halogens is 2. The summed E-state index contributed by atoms with van der Waals surface area (Å²) < 4.78 is 13.9. The van der Waals surface area contributed by atoms with Crippen LogP contribution in [0.4, 0.5) is 10.2 Å². The van der Waals surface area contributed by atoms with Gasteiger partial charge in [-0.15, -0.1) is 0 Å². The third-order valence-electron chi connectivity index (χ3n) is 3.49. The van der Waals surface area contributed by atoms with Crippen LogP contribution in [0.5, 0.6) is 0 Å². The van der Waals surface area contributed by atoms with E-state index in [9.17, 15) is 4.39 Å². The van der Waals surface area contributed by atoms with E-state index in [0.29, 0.717) is 16.7 Å². The second-order valence-electron chi connectivity index (χ2n) is 5.02. The molecule has 4 heteroatoms. The first-order valence-corrected chi connectivity index (χ1v) is 7.61. The lowest BCUT2D eigenvalue weighted by atomic mass is 10.0. The van der Waals surface area contributed by atoms with Gasteiger partial charge in [0.15, 0.2) is 11.6 Å². The molecular formula is C14H20BrFN2. The molecule has 0 bridgehead atoms. The number of nitrogens with zero attached hydrogens (tertiary/aromatic N) is 2. The van der Waals surface area contributed by atoms with Gasteiger partial charge in [0, 0.05) is 23.6 Å². The number of hydrogen-bond acceptors (Lipinski definition) is 2. The van der Waals surface area contributed by atoms with E-state index >= 15 is 0 Å². The lowest BCUT2D eigenvalue weighted by Gasteiger charge is -2.32. The van der Waals surface area contributed by atoms with Gasteiger partial charge in [-0.3, -0.25) is 0 Å². The van der Waals surface area contributed by atoms with Crippen LogP contribution in [0.1, 0.15) is 39.0 Å². The number of hydrogen-bond donors (Lipinski definition) is 0. The van der Waals surface area contributed by atoms with Crippen molar-refractivity contribution in [2.24, 2.45) is 0 Å². The van der Waals surface area contributed by atoms with Gasteiger partial charge >= 0.3 is 0 Å². The highest BCUT2D eigenvalue weighted by Crippen LogP contribution is 2.28. The maximum atomic E-state index is 13.9. The minimum Gasteiger partial charge on any atom is -0.351 e. The lowest BCUT2D eigenvalue weighted by molar-refractivity contribution is 0.517. The summed E-state index contributed by atoms with van der Waals surface area (Å²) in [6, 6.07) is 3.55. The molecule has 0 saturated carbocycles. The van der Waals surface area contributed by atoms with Crippen LogP contribution >= 0.6 is 15.9 Å². The average Bonchev–Trinajstić information content (AvgIpc) is 2.55. The van der Waals surface area contributed by atoms with E-state index in [0.717, 1.165) is 25.8 Å². The topological polar surface area (TPSA) is 16.1 Å². The summed E-state index contributed by atoms with van der Waals surface area (Å²) in [6.45, 7) is 3.07. The van der Waals surface area contributed by atoms with Crippen LogP contribution in [0.2, 0.25) is 0 Å². The van der Waals surface area contributed by atoms with Crippen molar-refractivity contribution in [3.63, 3.8) is 0 Å². The summed E-state index contributed by atoms with van der Waals surface area (Å²) >= 11 is 3.61. The summed E-state index contributed by atoms with van der Waals surface area (Å²) in [4.78, 5) is 6.86. The minimum atomic E-state index is -0.202. The van der Waals surface area contributed by atoms with Gasteiger partial charge in [-0.05, 0) is 31.4 Å². The molecule has 2 nitrogen and oxygen atoms in total. The van der Waals surface area contributed by atoms with Gasteiger partial charge in [0.05, 0.1) is 0 Å². The fraction of sp³-hybridized carbons (Fsp3) is 0.643. The standard InChI is InChI=1S/C14H20BrFN2/c1-11(15)10-12-6-3-2-4-9-18(12)14-13(16)7-5-8-17-14/h5,7-8,11-12H,2-4,6,9-10H2,1H3. The van der Waals surface area contributed by atoms with Crippen LogP contribution in [0, 0.1) is 5.82 Å². The molecule has 1 aliphatic rings. The van der Waals surface area contributed by atoms with Crippen molar-refractivity contribution in [1.82, 2.24) is 4.98 Å². The zero-order valence-electron chi connectivity index (χ0n) is 10.8. The Kier molecular flexibility index (Phi) is 4.98. The van der Waals surface area contributed by atoms with E-state index < -0.39 is 0 Å².